The molecule has 1 fully saturated rings. The molecule has 1 aliphatic heterocycles. The van der Waals surface area contributed by atoms with Gasteiger partial charge in [-0.3, -0.25) is 0 Å². The van der Waals surface area contributed by atoms with E-state index in [-0.39, 0.29) is 0 Å². The molecule has 1 aromatic carbocycles. The van der Waals surface area contributed by atoms with Crippen LogP contribution in [0.2, 0.25) is 0 Å². The van der Waals surface area contributed by atoms with Gasteiger partial charge in [-0.2, -0.15) is 0 Å². The van der Waals surface area contributed by atoms with Gasteiger partial charge in [0.1, 0.15) is 11.9 Å². The highest BCUT2D eigenvalue weighted by Gasteiger charge is 2.23. The van der Waals surface area contributed by atoms with Gasteiger partial charge in [0.15, 0.2) is 0 Å². The predicted molar refractivity (Wildman–Crippen MR) is 81.7 cm³/mol. The van der Waals surface area contributed by atoms with E-state index in [4.69, 9.17) is 4.74 Å². The summed E-state index contributed by atoms with van der Waals surface area (Å²) < 4.78 is 7.11. The lowest BCUT2D eigenvalue weighted by Gasteiger charge is -2.22. The highest BCUT2D eigenvalue weighted by molar-refractivity contribution is 9.10. The Morgan fingerprint density at radius 2 is 2.00 bits per heavy atom. The van der Waals surface area contributed by atoms with Crippen LogP contribution in [0.1, 0.15) is 37.7 Å². The Labute approximate surface area is 124 Å². The molecule has 0 radical (unpaired) electrons. The first-order chi connectivity index (χ1) is 9.31. The van der Waals surface area contributed by atoms with Gasteiger partial charge < -0.3 is 10.1 Å². The number of ether oxygens (including phenoxy) is 1. The van der Waals surface area contributed by atoms with Gasteiger partial charge in [-0.05, 0) is 49.1 Å². The third-order valence-corrected chi connectivity index (χ3v) is 4.79. The van der Waals surface area contributed by atoms with Gasteiger partial charge in [-0.25, -0.2) is 0 Å². The van der Waals surface area contributed by atoms with E-state index in [9.17, 15) is 0 Å². The van der Waals surface area contributed by atoms with Crippen molar-refractivity contribution in [3.05, 3.63) is 28.2 Å². The van der Waals surface area contributed by atoms with Crippen LogP contribution in [-0.2, 0) is 6.42 Å². The monoisotopic (exact) mass is 323 g/mol. The molecule has 1 aliphatic carbocycles. The Morgan fingerprint density at radius 3 is 2.84 bits per heavy atom. The van der Waals surface area contributed by atoms with Crippen LogP contribution in [0.4, 0.5) is 0 Å². The zero-order valence-corrected chi connectivity index (χ0v) is 12.9. The maximum absolute atomic E-state index is 5.97. The fourth-order valence-electron chi connectivity index (χ4n) is 3.24. The molecule has 0 saturated heterocycles. The number of benzene rings is 1. The fourth-order valence-corrected chi connectivity index (χ4v) is 3.65. The van der Waals surface area contributed by atoms with Crippen LogP contribution in [0.5, 0.6) is 5.75 Å². The van der Waals surface area contributed by atoms with Crippen molar-refractivity contribution in [1.82, 2.24) is 5.32 Å². The number of halogens is 1. The minimum Gasteiger partial charge on any atom is -0.488 e. The third kappa shape index (κ3) is 3.51. The molecular weight excluding hydrogens is 302 g/mol. The average Bonchev–Trinajstić information content (AvgIpc) is 2.82. The fraction of sp³-hybridized carbons (Fsp3) is 0.625. The van der Waals surface area contributed by atoms with Gasteiger partial charge in [0.05, 0.1) is 0 Å². The summed E-state index contributed by atoms with van der Waals surface area (Å²) in [5, 5.41) is 3.61. The third-order valence-electron chi connectivity index (χ3n) is 4.29. The molecule has 0 spiro atoms. The van der Waals surface area contributed by atoms with Crippen LogP contribution >= 0.6 is 15.9 Å². The molecule has 1 unspecified atom stereocenters. The number of nitrogens with one attached hydrogen (secondary N) is 1. The van der Waals surface area contributed by atoms with Gasteiger partial charge >= 0.3 is 0 Å². The maximum Gasteiger partial charge on any atom is 0.123 e. The second kappa shape index (κ2) is 6.27. The summed E-state index contributed by atoms with van der Waals surface area (Å²) in [5.74, 6) is 1.96. The Balaban J connectivity index is 1.43. The molecule has 1 heterocycles. The van der Waals surface area contributed by atoms with E-state index in [1.165, 1.54) is 44.2 Å². The molecule has 3 rings (SSSR count). The van der Waals surface area contributed by atoms with E-state index in [1.54, 1.807) is 0 Å². The number of hydrogen-bond donors (Lipinski definition) is 1. The highest BCUT2D eigenvalue weighted by Crippen LogP contribution is 2.31. The van der Waals surface area contributed by atoms with E-state index in [0.29, 0.717) is 6.10 Å². The molecule has 1 atom stereocenters. The SMILES string of the molecule is Brc1ccc2c(c1)CC(CNCC1CCCCC1)O2. The zero-order chi connectivity index (χ0) is 13.1. The van der Waals surface area contributed by atoms with Crippen molar-refractivity contribution < 1.29 is 4.74 Å². The summed E-state index contributed by atoms with van der Waals surface area (Å²) in [6, 6.07) is 6.30. The summed E-state index contributed by atoms with van der Waals surface area (Å²) in [7, 11) is 0. The topological polar surface area (TPSA) is 21.3 Å². The van der Waals surface area contributed by atoms with E-state index >= 15 is 0 Å². The molecule has 0 amide bonds. The molecule has 3 heteroatoms. The number of rotatable bonds is 4. The number of fused-ring (bicyclic) bond motifs is 1. The van der Waals surface area contributed by atoms with Crippen molar-refractivity contribution in [2.75, 3.05) is 13.1 Å². The lowest BCUT2D eigenvalue weighted by molar-refractivity contribution is 0.221. The summed E-state index contributed by atoms with van der Waals surface area (Å²) in [4.78, 5) is 0. The molecule has 104 valence electrons. The van der Waals surface area contributed by atoms with Crippen LogP contribution in [0, 0.1) is 5.92 Å². The summed E-state index contributed by atoms with van der Waals surface area (Å²) in [5.41, 5.74) is 1.33. The van der Waals surface area contributed by atoms with Crippen molar-refractivity contribution in [3.63, 3.8) is 0 Å². The van der Waals surface area contributed by atoms with E-state index < -0.39 is 0 Å². The standard InChI is InChI=1S/C16H22BrNO/c17-14-6-7-16-13(8-14)9-15(19-16)11-18-10-12-4-2-1-3-5-12/h6-8,12,15,18H,1-5,9-11H2. The first kappa shape index (κ1) is 13.4. The lowest BCUT2D eigenvalue weighted by Crippen LogP contribution is -2.33. The minimum absolute atomic E-state index is 0.313. The zero-order valence-electron chi connectivity index (χ0n) is 11.3. The van der Waals surface area contributed by atoms with Crippen LogP contribution in [0.25, 0.3) is 0 Å². The first-order valence-electron chi connectivity index (χ1n) is 7.47. The Morgan fingerprint density at radius 1 is 1.16 bits per heavy atom. The van der Waals surface area contributed by atoms with Gasteiger partial charge in [0.2, 0.25) is 0 Å². The van der Waals surface area contributed by atoms with Crippen LogP contribution in [0.3, 0.4) is 0 Å². The Bertz CT molecular complexity index is 429. The van der Waals surface area contributed by atoms with Crippen molar-refractivity contribution >= 4 is 15.9 Å². The van der Waals surface area contributed by atoms with Gasteiger partial charge in [-0.15, -0.1) is 0 Å². The molecule has 2 nitrogen and oxygen atoms in total. The second-order valence-electron chi connectivity index (χ2n) is 5.86. The maximum atomic E-state index is 5.97. The second-order valence-corrected chi connectivity index (χ2v) is 6.77. The molecule has 1 aromatic rings. The quantitative estimate of drug-likeness (QED) is 0.906. The summed E-state index contributed by atoms with van der Waals surface area (Å²) in [6.07, 6.45) is 8.45. The van der Waals surface area contributed by atoms with Crippen molar-refractivity contribution in [1.29, 1.82) is 0 Å². The van der Waals surface area contributed by atoms with E-state index in [1.807, 2.05) is 0 Å². The molecule has 0 aromatic heterocycles. The molecule has 0 bridgehead atoms. The average molecular weight is 324 g/mol. The predicted octanol–water partition coefficient (Wildman–Crippen LogP) is 3.92. The molecular formula is C16H22BrNO. The molecule has 19 heavy (non-hydrogen) atoms. The van der Waals surface area contributed by atoms with Crippen LogP contribution in [0.15, 0.2) is 22.7 Å². The normalized spacial score (nSPS) is 23.1. The smallest absolute Gasteiger partial charge is 0.123 e. The molecule has 2 aliphatic rings. The van der Waals surface area contributed by atoms with Gasteiger partial charge in [0, 0.05) is 17.4 Å². The minimum atomic E-state index is 0.313. The van der Waals surface area contributed by atoms with Crippen LogP contribution in [-0.4, -0.2) is 19.2 Å². The summed E-state index contributed by atoms with van der Waals surface area (Å²) in [6.45, 7) is 2.14. The number of hydrogen-bond acceptors (Lipinski definition) is 2. The molecule has 1 saturated carbocycles. The lowest BCUT2D eigenvalue weighted by atomic mass is 9.89. The van der Waals surface area contributed by atoms with E-state index in [2.05, 4.69) is 39.4 Å². The Hall–Kier alpha value is -0.540. The first-order valence-corrected chi connectivity index (χ1v) is 8.26. The summed E-state index contributed by atoms with van der Waals surface area (Å²) >= 11 is 3.52. The van der Waals surface area contributed by atoms with Crippen molar-refractivity contribution in [2.45, 2.75) is 44.6 Å². The van der Waals surface area contributed by atoms with Crippen LogP contribution < -0.4 is 10.1 Å². The largest absolute Gasteiger partial charge is 0.488 e. The van der Waals surface area contributed by atoms with Gasteiger partial charge in [-0.1, -0.05) is 35.2 Å². The Kier molecular flexibility index (Phi) is 4.44. The van der Waals surface area contributed by atoms with Crippen molar-refractivity contribution in [2.24, 2.45) is 5.92 Å². The highest BCUT2D eigenvalue weighted by atomic mass is 79.9. The van der Waals surface area contributed by atoms with Gasteiger partial charge in [0.25, 0.3) is 0 Å². The van der Waals surface area contributed by atoms with E-state index in [0.717, 1.165) is 29.1 Å². The van der Waals surface area contributed by atoms with Crippen molar-refractivity contribution in [3.8, 4) is 5.75 Å². The molecule has 1 N–H and O–H groups in total.